The Kier molecular flexibility index (Phi) is 4.59. The molecule has 2 rings (SSSR count). The van der Waals surface area contributed by atoms with E-state index in [0.717, 1.165) is 0 Å². The number of carbonyl (C=O) groups is 1. The molecule has 1 aromatic heterocycles. The summed E-state index contributed by atoms with van der Waals surface area (Å²) in [5.41, 5.74) is 1.52. The van der Waals surface area contributed by atoms with Gasteiger partial charge in [-0.15, -0.1) is 0 Å². The second-order valence-electron chi connectivity index (χ2n) is 6.24. The standard InChI is InChI=1S/C18H21FN2O/c1-5-12-10-11-20-16(15(12)19)13-8-6-7-9-14(13)21-17(22)18(2,3)4/h6-11H,5H2,1-4H3,(H,21,22). The van der Waals surface area contributed by atoms with E-state index in [0.29, 0.717) is 23.2 Å². The molecule has 0 radical (unpaired) electrons. The highest BCUT2D eigenvalue weighted by atomic mass is 19.1. The summed E-state index contributed by atoms with van der Waals surface area (Å²) in [6.07, 6.45) is 2.19. The van der Waals surface area contributed by atoms with Crippen molar-refractivity contribution in [1.82, 2.24) is 4.98 Å². The van der Waals surface area contributed by atoms with E-state index >= 15 is 0 Å². The van der Waals surface area contributed by atoms with Crippen molar-refractivity contribution in [2.75, 3.05) is 5.32 Å². The molecule has 1 aromatic carbocycles. The number of hydrogen-bond acceptors (Lipinski definition) is 2. The van der Waals surface area contributed by atoms with Gasteiger partial charge in [0.15, 0.2) is 5.82 Å². The van der Waals surface area contributed by atoms with Crippen LogP contribution in [0.5, 0.6) is 0 Å². The number of halogens is 1. The van der Waals surface area contributed by atoms with Gasteiger partial charge in [-0.25, -0.2) is 4.39 Å². The first-order chi connectivity index (χ1) is 10.3. The molecule has 4 heteroatoms. The molecule has 3 nitrogen and oxygen atoms in total. The molecule has 0 atom stereocenters. The van der Waals surface area contributed by atoms with Crippen LogP contribution in [0.15, 0.2) is 36.5 Å². The molecule has 1 heterocycles. The Morgan fingerprint density at radius 1 is 1.23 bits per heavy atom. The molecule has 22 heavy (non-hydrogen) atoms. The number of rotatable bonds is 3. The molecule has 1 amide bonds. The molecule has 0 unspecified atom stereocenters. The van der Waals surface area contributed by atoms with Gasteiger partial charge in [0.2, 0.25) is 5.91 Å². The first-order valence-corrected chi connectivity index (χ1v) is 7.38. The van der Waals surface area contributed by atoms with Gasteiger partial charge in [0, 0.05) is 17.2 Å². The fraction of sp³-hybridized carbons (Fsp3) is 0.333. The Labute approximate surface area is 130 Å². The predicted molar refractivity (Wildman–Crippen MR) is 87.1 cm³/mol. The third-order valence-electron chi connectivity index (χ3n) is 3.46. The summed E-state index contributed by atoms with van der Waals surface area (Å²) in [7, 11) is 0. The molecule has 0 fully saturated rings. The zero-order chi connectivity index (χ0) is 16.3. The lowest BCUT2D eigenvalue weighted by atomic mass is 9.95. The molecule has 0 saturated heterocycles. The van der Waals surface area contributed by atoms with Gasteiger partial charge in [-0.1, -0.05) is 45.9 Å². The van der Waals surface area contributed by atoms with Crippen LogP contribution in [0.1, 0.15) is 33.3 Å². The minimum absolute atomic E-state index is 0.119. The van der Waals surface area contributed by atoms with E-state index in [-0.39, 0.29) is 17.4 Å². The van der Waals surface area contributed by atoms with Crippen LogP contribution in [0.3, 0.4) is 0 Å². The number of aromatic nitrogens is 1. The maximum absolute atomic E-state index is 14.5. The van der Waals surface area contributed by atoms with Gasteiger partial charge in [0.05, 0.1) is 5.69 Å². The zero-order valence-corrected chi connectivity index (χ0v) is 13.4. The number of benzene rings is 1. The third kappa shape index (κ3) is 3.32. The van der Waals surface area contributed by atoms with Crippen LogP contribution in [-0.4, -0.2) is 10.9 Å². The van der Waals surface area contributed by atoms with E-state index in [1.54, 1.807) is 24.4 Å². The minimum atomic E-state index is -0.523. The van der Waals surface area contributed by atoms with Crippen LogP contribution < -0.4 is 5.32 Å². The Morgan fingerprint density at radius 3 is 2.55 bits per heavy atom. The molecule has 0 aliphatic heterocycles. The highest BCUT2D eigenvalue weighted by molar-refractivity contribution is 5.98. The number of aryl methyl sites for hydroxylation is 1. The predicted octanol–water partition coefficient (Wildman–Crippen LogP) is 4.43. The van der Waals surface area contributed by atoms with Crippen LogP contribution in [0, 0.1) is 11.2 Å². The van der Waals surface area contributed by atoms with E-state index in [2.05, 4.69) is 10.3 Å². The molecular weight excluding hydrogens is 279 g/mol. The average Bonchev–Trinajstić information content (AvgIpc) is 2.47. The van der Waals surface area contributed by atoms with Crippen molar-refractivity contribution in [2.45, 2.75) is 34.1 Å². The lowest BCUT2D eigenvalue weighted by Crippen LogP contribution is -2.27. The van der Waals surface area contributed by atoms with Gasteiger partial charge in [0.1, 0.15) is 5.69 Å². The molecule has 0 aliphatic rings. The fourth-order valence-electron chi connectivity index (χ4n) is 2.05. The number of para-hydroxylation sites is 1. The van der Waals surface area contributed by atoms with Gasteiger partial charge >= 0.3 is 0 Å². The number of nitrogens with one attached hydrogen (secondary N) is 1. The van der Waals surface area contributed by atoms with Crippen molar-refractivity contribution >= 4 is 11.6 Å². The molecule has 1 N–H and O–H groups in total. The van der Waals surface area contributed by atoms with Crippen molar-refractivity contribution in [2.24, 2.45) is 5.41 Å². The van der Waals surface area contributed by atoms with Gasteiger partial charge in [0.25, 0.3) is 0 Å². The summed E-state index contributed by atoms with van der Waals surface area (Å²) in [5, 5.41) is 2.87. The summed E-state index contributed by atoms with van der Waals surface area (Å²) in [5.74, 6) is -0.450. The summed E-state index contributed by atoms with van der Waals surface area (Å²) in [6, 6.07) is 8.82. The lowest BCUT2D eigenvalue weighted by molar-refractivity contribution is -0.123. The maximum atomic E-state index is 14.5. The normalized spacial score (nSPS) is 11.3. The number of nitrogens with zero attached hydrogens (tertiary/aromatic N) is 1. The Balaban J connectivity index is 2.48. The monoisotopic (exact) mass is 300 g/mol. The maximum Gasteiger partial charge on any atom is 0.229 e. The van der Waals surface area contributed by atoms with E-state index in [1.165, 1.54) is 0 Å². The largest absolute Gasteiger partial charge is 0.325 e. The van der Waals surface area contributed by atoms with Crippen molar-refractivity contribution in [1.29, 1.82) is 0 Å². The van der Waals surface area contributed by atoms with Gasteiger partial charge in [-0.3, -0.25) is 9.78 Å². The first kappa shape index (κ1) is 16.1. The van der Waals surface area contributed by atoms with E-state index in [4.69, 9.17) is 0 Å². The number of amides is 1. The number of carbonyl (C=O) groups excluding carboxylic acids is 1. The summed E-state index contributed by atoms with van der Waals surface area (Å²) >= 11 is 0. The number of pyridine rings is 1. The lowest BCUT2D eigenvalue weighted by Gasteiger charge is -2.19. The van der Waals surface area contributed by atoms with E-state index < -0.39 is 5.41 Å². The molecule has 0 bridgehead atoms. The van der Waals surface area contributed by atoms with Crippen molar-refractivity contribution in [3.05, 3.63) is 47.9 Å². The second-order valence-corrected chi connectivity index (χ2v) is 6.24. The third-order valence-corrected chi connectivity index (χ3v) is 3.46. The number of hydrogen-bond donors (Lipinski definition) is 1. The zero-order valence-electron chi connectivity index (χ0n) is 13.4. The molecule has 0 aliphatic carbocycles. The highest BCUT2D eigenvalue weighted by Crippen LogP contribution is 2.30. The van der Waals surface area contributed by atoms with Crippen LogP contribution in [0.4, 0.5) is 10.1 Å². The van der Waals surface area contributed by atoms with Crippen molar-refractivity contribution < 1.29 is 9.18 Å². The minimum Gasteiger partial charge on any atom is -0.325 e. The van der Waals surface area contributed by atoms with Gasteiger partial charge < -0.3 is 5.32 Å². The Bertz CT molecular complexity index is 690. The highest BCUT2D eigenvalue weighted by Gasteiger charge is 2.23. The molecule has 2 aromatic rings. The smallest absolute Gasteiger partial charge is 0.229 e. The average molecular weight is 300 g/mol. The quantitative estimate of drug-likeness (QED) is 0.910. The molecular formula is C18H21FN2O. The molecule has 0 saturated carbocycles. The summed E-state index contributed by atoms with van der Waals surface area (Å²) in [4.78, 5) is 16.4. The van der Waals surface area contributed by atoms with E-state index in [9.17, 15) is 9.18 Å². The van der Waals surface area contributed by atoms with Crippen LogP contribution >= 0.6 is 0 Å². The SMILES string of the molecule is CCc1ccnc(-c2ccccc2NC(=O)C(C)(C)C)c1F. The van der Waals surface area contributed by atoms with Crippen LogP contribution in [-0.2, 0) is 11.2 Å². The molecule has 116 valence electrons. The van der Waals surface area contributed by atoms with Gasteiger partial charge in [-0.05, 0) is 24.1 Å². The Morgan fingerprint density at radius 2 is 1.91 bits per heavy atom. The van der Waals surface area contributed by atoms with Crippen molar-refractivity contribution in [3.8, 4) is 11.3 Å². The van der Waals surface area contributed by atoms with Crippen LogP contribution in [0.25, 0.3) is 11.3 Å². The molecule has 0 spiro atoms. The second kappa shape index (κ2) is 6.26. The topological polar surface area (TPSA) is 42.0 Å². The van der Waals surface area contributed by atoms with Crippen LogP contribution in [0.2, 0.25) is 0 Å². The van der Waals surface area contributed by atoms with Gasteiger partial charge in [-0.2, -0.15) is 0 Å². The van der Waals surface area contributed by atoms with E-state index in [1.807, 2.05) is 39.8 Å². The fourth-order valence-corrected chi connectivity index (χ4v) is 2.05. The summed E-state index contributed by atoms with van der Waals surface area (Å²) in [6.45, 7) is 7.40. The first-order valence-electron chi connectivity index (χ1n) is 7.38. The number of anilines is 1. The Hall–Kier alpha value is -2.23. The summed E-state index contributed by atoms with van der Waals surface area (Å²) < 4.78 is 14.5. The van der Waals surface area contributed by atoms with Crippen molar-refractivity contribution in [3.63, 3.8) is 0 Å².